The van der Waals surface area contributed by atoms with Crippen LogP contribution in [0.5, 0.6) is 5.75 Å². The van der Waals surface area contributed by atoms with E-state index in [0.717, 1.165) is 18.2 Å². The van der Waals surface area contributed by atoms with E-state index in [1.54, 1.807) is 0 Å². The molecule has 0 aliphatic carbocycles. The van der Waals surface area contributed by atoms with Crippen molar-refractivity contribution in [3.8, 4) is 11.8 Å². The van der Waals surface area contributed by atoms with Gasteiger partial charge in [0.2, 0.25) is 0 Å². The van der Waals surface area contributed by atoms with E-state index in [4.69, 9.17) is 10.4 Å². The van der Waals surface area contributed by atoms with Crippen LogP contribution in [0.25, 0.3) is 6.08 Å². The van der Waals surface area contributed by atoms with Crippen molar-refractivity contribution in [3.05, 3.63) is 51.6 Å². The number of aromatic hydroxyl groups is 1. The maximum Gasteiger partial charge on any atom is 0.346 e. The smallest absolute Gasteiger partial charge is 0.346 e. The molecule has 96 valence electrons. The third kappa shape index (κ3) is 3.67. The minimum absolute atomic E-state index is 0.420. The van der Waals surface area contributed by atoms with E-state index in [1.807, 2.05) is 0 Å². The van der Waals surface area contributed by atoms with Gasteiger partial charge in [-0.05, 0) is 23.8 Å². The summed E-state index contributed by atoms with van der Waals surface area (Å²) in [6, 6.07) is 5.17. The average molecular weight is 260 g/mol. The van der Waals surface area contributed by atoms with Crippen LogP contribution < -0.4 is 0 Å². The number of aliphatic carboxylic acids is 1. The van der Waals surface area contributed by atoms with Gasteiger partial charge in [-0.25, -0.2) is 4.79 Å². The van der Waals surface area contributed by atoms with E-state index in [1.165, 1.54) is 24.3 Å². The Morgan fingerprint density at radius 3 is 2.63 bits per heavy atom. The van der Waals surface area contributed by atoms with Crippen molar-refractivity contribution in [3.63, 3.8) is 0 Å². The Morgan fingerprint density at radius 1 is 1.47 bits per heavy atom. The Labute approximate surface area is 107 Å². The lowest BCUT2D eigenvalue weighted by Gasteiger charge is -1.97. The molecule has 0 saturated heterocycles. The normalized spacial score (nSPS) is 11.2. The lowest BCUT2D eigenvalue weighted by molar-refractivity contribution is -0.385. The number of hydrogen-bond donors (Lipinski definition) is 2. The van der Waals surface area contributed by atoms with Gasteiger partial charge in [-0.1, -0.05) is 12.2 Å². The first-order valence-corrected chi connectivity index (χ1v) is 4.95. The highest BCUT2D eigenvalue weighted by atomic mass is 16.6. The topological polar surface area (TPSA) is 124 Å². The van der Waals surface area contributed by atoms with Crippen molar-refractivity contribution >= 4 is 17.7 Å². The zero-order valence-electron chi connectivity index (χ0n) is 9.48. The van der Waals surface area contributed by atoms with E-state index < -0.39 is 27.9 Å². The Bertz CT molecular complexity index is 625. The Kier molecular flexibility index (Phi) is 4.38. The predicted molar refractivity (Wildman–Crippen MR) is 65.1 cm³/mol. The third-order valence-corrected chi connectivity index (χ3v) is 2.10. The van der Waals surface area contributed by atoms with Crippen molar-refractivity contribution in [1.29, 1.82) is 5.26 Å². The number of nitrogens with zero attached hydrogens (tertiary/aromatic N) is 2. The van der Waals surface area contributed by atoms with Gasteiger partial charge in [-0.15, -0.1) is 0 Å². The van der Waals surface area contributed by atoms with Gasteiger partial charge in [0.05, 0.1) is 4.92 Å². The summed E-state index contributed by atoms with van der Waals surface area (Å²) in [5, 5.41) is 36.9. The van der Waals surface area contributed by atoms with Crippen molar-refractivity contribution in [2.24, 2.45) is 0 Å². The fourth-order valence-corrected chi connectivity index (χ4v) is 1.21. The van der Waals surface area contributed by atoms with Gasteiger partial charge in [0.25, 0.3) is 0 Å². The summed E-state index contributed by atoms with van der Waals surface area (Å²) >= 11 is 0. The SMILES string of the molecule is N#C/C(=C\C=C\c1ccc([N+](=O)[O-])c(O)c1)C(=O)O. The third-order valence-electron chi connectivity index (χ3n) is 2.10. The molecular formula is C12H8N2O5. The van der Waals surface area contributed by atoms with Gasteiger partial charge in [0.1, 0.15) is 11.6 Å². The molecule has 0 atom stereocenters. The van der Waals surface area contributed by atoms with Gasteiger partial charge in [-0.2, -0.15) is 5.26 Å². The Hall–Kier alpha value is -3.14. The molecule has 0 radical (unpaired) electrons. The fraction of sp³-hybridized carbons (Fsp3) is 0. The Morgan fingerprint density at radius 2 is 2.16 bits per heavy atom. The molecule has 0 heterocycles. The van der Waals surface area contributed by atoms with Crippen molar-refractivity contribution in [2.45, 2.75) is 0 Å². The molecule has 0 spiro atoms. The first-order chi connectivity index (χ1) is 8.95. The van der Waals surface area contributed by atoms with Crippen LogP contribution in [-0.2, 0) is 4.79 Å². The summed E-state index contributed by atoms with van der Waals surface area (Å²) in [7, 11) is 0. The molecule has 2 N–H and O–H groups in total. The second kappa shape index (κ2) is 5.97. The molecule has 1 rings (SSSR count). The molecule has 0 saturated carbocycles. The van der Waals surface area contributed by atoms with Crippen LogP contribution in [0.3, 0.4) is 0 Å². The van der Waals surface area contributed by atoms with Crippen LogP contribution >= 0.6 is 0 Å². The van der Waals surface area contributed by atoms with E-state index in [-0.39, 0.29) is 0 Å². The number of carbonyl (C=O) groups is 1. The summed E-state index contributed by atoms with van der Waals surface area (Å²) in [6.07, 6.45) is 3.79. The summed E-state index contributed by atoms with van der Waals surface area (Å²) in [4.78, 5) is 20.3. The number of nitro benzene ring substituents is 1. The van der Waals surface area contributed by atoms with Gasteiger partial charge in [-0.3, -0.25) is 10.1 Å². The van der Waals surface area contributed by atoms with Crippen LogP contribution in [0.4, 0.5) is 5.69 Å². The highest BCUT2D eigenvalue weighted by Crippen LogP contribution is 2.26. The second-order valence-electron chi connectivity index (χ2n) is 3.36. The minimum Gasteiger partial charge on any atom is -0.502 e. The number of phenolic OH excluding ortho intramolecular Hbond substituents is 1. The monoisotopic (exact) mass is 260 g/mol. The number of rotatable bonds is 4. The van der Waals surface area contributed by atoms with E-state index in [0.29, 0.717) is 5.56 Å². The van der Waals surface area contributed by atoms with Crippen LogP contribution in [0.1, 0.15) is 5.56 Å². The molecule has 0 aromatic heterocycles. The van der Waals surface area contributed by atoms with E-state index in [9.17, 15) is 20.0 Å². The lowest BCUT2D eigenvalue weighted by atomic mass is 10.1. The van der Waals surface area contributed by atoms with Gasteiger partial charge >= 0.3 is 11.7 Å². The molecular weight excluding hydrogens is 252 g/mol. The molecule has 1 aromatic carbocycles. The highest BCUT2D eigenvalue weighted by molar-refractivity contribution is 5.91. The van der Waals surface area contributed by atoms with Gasteiger partial charge in [0.15, 0.2) is 5.75 Å². The fourth-order valence-electron chi connectivity index (χ4n) is 1.21. The number of hydrogen-bond acceptors (Lipinski definition) is 5. The lowest BCUT2D eigenvalue weighted by Crippen LogP contribution is -1.96. The predicted octanol–water partition coefficient (Wildman–Crippen LogP) is 1.85. The summed E-state index contributed by atoms with van der Waals surface area (Å²) in [5.41, 5.74) is -0.430. The Balaban J connectivity index is 2.96. The number of allylic oxidation sites excluding steroid dienone is 2. The number of carboxylic acid groups (broad SMARTS) is 1. The molecule has 0 unspecified atom stereocenters. The molecule has 0 amide bonds. The first-order valence-electron chi connectivity index (χ1n) is 4.95. The maximum atomic E-state index is 10.5. The van der Waals surface area contributed by atoms with Crippen LogP contribution in [0.15, 0.2) is 35.9 Å². The molecule has 0 aliphatic heterocycles. The standard InChI is InChI=1S/C12H8N2O5/c13-7-9(12(16)17)3-1-2-8-4-5-10(14(18)19)11(15)6-8/h1-6,15H,(H,16,17)/b2-1+,9-3+. The number of nitro groups is 1. The molecule has 7 nitrogen and oxygen atoms in total. The largest absolute Gasteiger partial charge is 0.502 e. The zero-order valence-corrected chi connectivity index (χ0v) is 9.48. The van der Waals surface area contributed by atoms with Crippen molar-refractivity contribution in [2.75, 3.05) is 0 Å². The molecule has 7 heteroatoms. The zero-order chi connectivity index (χ0) is 14.4. The maximum absolute atomic E-state index is 10.5. The molecule has 0 fully saturated rings. The number of phenols is 1. The summed E-state index contributed by atoms with van der Waals surface area (Å²) in [5.74, 6) is -1.84. The number of benzene rings is 1. The quantitative estimate of drug-likeness (QED) is 0.280. The molecule has 1 aromatic rings. The molecule has 0 aliphatic rings. The van der Waals surface area contributed by atoms with Crippen LogP contribution in [0, 0.1) is 21.4 Å². The highest BCUT2D eigenvalue weighted by Gasteiger charge is 2.11. The van der Waals surface area contributed by atoms with Crippen molar-refractivity contribution < 1.29 is 19.9 Å². The summed E-state index contributed by atoms with van der Waals surface area (Å²) in [6.45, 7) is 0. The molecule has 0 bridgehead atoms. The summed E-state index contributed by atoms with van der Waals surface area (Å²) < 4.78 is 0. The van der Waals surface area contributed by atoms with E-state index in [2.05, 4.69) is 0 Å². The van der Waals surface area contributed by atoms with Crippen molar-refractivity contribution in [1.82, 2.24) is 0 Å². The van der Waals surface area contributed by atoms with Crippen LogP contribution in [-0.4, -0.2) is 21.1 Å². The first kappa shape index (κ1) is 13.9. The molecule has 19 heavy (non-hydrogen) atoms. The number of carboxylic acids is 1. The number of nitriles is 1. The second-order valence-corrected chi connectivity index (χ2v) is 3.36. The van der Waals surface area contributed by atoms with Gasteiger partial charge < -0.3 is 10.2 Å². The average Bonchev–Trinajstić information content (AvgIpc) is 2.33. The minimum atomic E-state index is -1.35. The van der Waals surface area contributed by atoms with Gasteiger partial charge in [0, 0.05) is 6.07 Å². The van der Waals surface area contributed by atoms with E-state index >= 15 is 0 Å². The van der Waals surface area contributed by atoms with Crippen LogP contribution in [0.2, 0.25) is 0 Å².